The van der Waals surface area contributed by atoms with E-state index in [0.717, 1.165) is 25.9 Å². The molecule has 1 atom stereocenters. The van der Waals surface area contributed by atoms with Crippen molar-refractivity contribution in [2.45, 2.75) is 33.6 Å². The number of nitrogens with two attached hydrogens (primary N) is 1. The van der Waals surface area contributed by atoms with Gasteiger partial charge in [0.2, 0.25) is 5.91 Å². The molecule has 3 heteroatoms. The van der Waals surface area contributed by atoms with E-state index < -0.39 is 0 Å². The van der Waals surface area contributed by atoms with E-state index in [0.29, 0.717) is 5.92 Å². The van der Waals surface area contributed by atoms with Crippen LogP contribution in [0.1, 0.15) is 33.6 Å². The average Bonchev–Trinajstić information content (AvgIpc) is 2.11. The molecule has 0 aromatic carbocycles. The van der Waals surface area contributed by atoms with Gasteiger partial charge >= 0.3 is 0 Å². The Morgan fingerprint density at radius 3 is 2.46 bits per heavy atom. The van der Waals surface area contributed by atoms with E-state index in [1.807, 2.05) is 13.8 Å². The van der Waals surface area contributed by atoms with Gasteiger partial charge in [-0.15, -0.1) is 0 Å². The fourth-order valence-electron chi connectivity index (χ4n) is 0.984. The summed E-state index contributed by atoms with van der Waals surface area (Å²) in [6.07, 6.45) is 2.12. The molecule has 0 saturated heterocycles. The van der Waals surface area contributed by atoms with E-state index in [-0.39, 0.29) is 11.8 Å². The summed E-state index contributed by atoms with van der Waals surface area (Å²) in [5.74, 6) is 0.795. The van der Waals surface area contributed by atoms with E-state index in [4.69, 9.17) is 5.73 Å². The Morgan fingerprint density at radius 1 is 1.38 bits per heavy atom. The zero-order chi connectivity index (χ0) is 10.3. The predicted molar refractivity (Wildman–Crippen MR) is 55.3 cm³/mol. The van der Waals surface area contributed by atoms with Gasteiger partial charge in [-0.3, -0.25) is 4.79 Å². The summed E-state index contributed by atoms with van der Waals surface area (Å²) < 4.78 is 0. The Hall–Kier alpha value is -0.570. The Bertz CT molecular complexity index is 146. The highest BCUT2D eigenvalue weighted by atomic mass is 16.1. The Kier molecular flexibility index (Phi) is 6.59. The van der Waals surface area contributed by atoms with Crippen molar-refractivity contribution in [3.05, 3.63) is 0 Å². The van der Waals surface area contributed by atoms with E-state index in [9.17, 15) is 4.79 Å². The van der Waals surface area contributed by atoms with Crippen molar-refractivity contribution >= 4 is 5.91 Å². The normalized spacial score (nSPS) is 13.0. The maximum atomic E-state index is 11.1. The Balaban J connectivity index is 3.31. The third-order valence-electron chi connectivity index (χ3n) is 2.10. The average molecular weight is 186 g/mol. The predicted octanol–water partition coefficient (Wildman–Crippen LogP) is 1.13. The van der Waals surface area contributed by atoms with Gasteiger partial charge in [-0.25, -0.2) is 0 Å². The SMILES string of the molecule is CC(CN)CCCNC(=O)C(C)C. The third-order valence-corrected chi connectivity index (χ3v) is 2.10. The number of carbonyl (C=O) groups is 1. The lowest BCUT2D eigenvalue weighted by Gasteiger charge is -2.09. The smallest absolute Gasteiger partial charge is 0.222 e. The van der Waals surface area contributed by atoms with Crippen molar-refractivity contribution in [2.24, 2.45) is 17.6 Å². The summed E-state index contributed by atoms with van der Waals surface area (Å²) >= 11 is 0. The number of rotatable bonds is 6. The van der Waals surface area contributed by atoms with Crippen LogP contribution in [0.15, 0.2) is 0 Å². The van der Waals surface area contributed by atoms with Crippen LogP contribution in [0.5, 0.6) is 0 Å². The molecule has 0 aromatic heterocycles. The number of amides is 1. The van der Waals surface area contributed by atoms with Crippen LogP contribution < -0.4 is 11.1 Å². The van der Waals surface area contributed by atoms with E-state index in [2.05, 4.69) is 12.2 Å². The third kappa shape index (κ3) is 6.58. The fourth-order valence-corrected chi connectivity index (χ4v) is 0.984. The maximum absolute atomic E-state index is 11.1. The van der Waals surface area contributed by atoms with E-state index in [1.54, 1.807) is 0 Å². The molecule has 78 valence electrons. The lowest BCUT2D eigenvalue weighted by molar-refractivity contribution is -0.123. The fraction of sp³-hybridized carbons (Fsp3) is 0.900. The minimum Gasteiger partial charge on any atom is -0.356 e. The maximum Gasteiger partial charge on any atom is 0.222 e. The van der Waals surface area contributed by atoms with Crippen LogP contribution in [-0.2, 0) is 4.79 Å². The van der Waals surface area contributed by atoms with Gasteiger partial charge in [0.05, 0.1) is 0 Å². The molecule has 3 N–H and O–H groups in total. The monoisotopic (exact) mass is 186 g/mol. The Morgan fingerprint density at radius 2 is 2.00 bits per heavy atom. The van der Waals surface area contributed by atoms with Gasteiger partial charge in [-0.1, -0.05) is 20.8 Å². The molecule has 0 heterocycles. The topological polar surface area (TPSA) is 55.1 Å². The molecule has 13 heavy (non-hydrogen) atoms. The van der Waals surface area contributed by atoms with Crippen LogP contribution in [0.3, 0.4) is 0 Å². The van der Waals surface area contributed by atoms with Crippen LogP contribution in [0.25, 0.3) is 0 Å². The molecule has 0 aliphatic rings. The molecule has 0 aliphatic carbocycles. The first-order valence-electron chi connectivity index (χ1n) is 5.05. The molecule has 0 radical (unpaired) electrons. The minimum atomic E-state index is 0.0898. The highest BCUT2D eigenvalue weighted by Gasteiger charge is 2.05. The lowest BCUT2D eigenvalue weighted by Crippen LogP contribution is -2.28. The molecule has 0 fully saturated rings. The largest absolute Gasteiger partial charge is 0.356 e. The molecule has 0 rings (SSSR count). The number of hydrogen-bond donors (Lipinski definition) is 2. The van der Waals surface area contributed by atoms with Crippen molar-refractivity contribution in [2.75, 3.05) is 13.1 Å². The van der Waals surface area contributed by atoms with E-state index in [1.165, 1.54) is 0 Å². The second-order valence-electron chi connectivity index (χ2n) is 3.93. The number of carbonyl (C=O) groups excluding carboxylic acids is 1. The zero-order valence-corrected chi connectivity index (χ0v) is 8.97. The second kappa shape index (κ2) is 6.89. The van der Waals surface area contributed by atoms with E-state index >= 15 is 0 Å². The summed E-state index contributed by atoms with van der Waals surface area (Å²) in [7, 11) is 0. The summed E-state index contributed by atoms with van der Waals surface area (Å²) in [5.41, 5.74) is 5.47. The standard InChI is InChI=1S/C10H22N2O/c1-8(2)10(13)12-6-4-5-9(3)7-11/h8-9H,4-7,11H2,1-3H3,(H,12,13). The molecule has 0 aromatic rings. The minimum absolute atomic E-state index is 0.0898. The van der Waals surface area contributed by atoms with Crippen molar-refractivity contribution < 1.29 is 4.79 Å². The van der Waals surface area contributed by atoms with Gasteiger partial charge in [-0.2, -0.15) is 0 Å². The van der Waals surface area contributed by atoms with Gasteiger partial charge in [0, 0.05) is 12.5 Å². The molecule has 0 spiro atoms. The van der Waals surface area contributed by atoms with Gasteiger partial charge in [0.15, 0.2) is 0 Å². The molecule has 0 aliphatic heterocycles. The van der Waals surface area contributed by atoms with Crippen LogP contribution in [0.4, 0.5) is 0 Å². The second-order valence-corrected chi connectivity index (χ2v) is 3.93. The van der Waals surface area contributed by atoms with Crippen molar-refractivity contribution in [3.63, 3.8) is 0 Å². The summed E-state index contributed by atoms with van der Waals surface area (Å²) in [6, 6.07) is 0. The molecule has 0 saturated carbocycles. The summed E-state index contributed by atoms with van der Waals surface area (Å²) in [5, 5.41) is 2.88. The Labute approximate surface area is 81.1 Å². The highest BCUT2D eigenvalue weighted by Crippen LogP contribution is 2.01. The van der Waals surface area contributed by atoms with Crippen LogP contribution in [-0.4, -0.2) is 19.0 Å². The van der Waals surface area contributed by atoms with Crippen molar-refractivity contribution in [1.82, 2.24) is 5.32 Å². The molecular weight excluding hydrogens is 164 g/mol. The van der Waals surface area contributed by atoms with Crippen molar-refractivity contribution in [1.29, 1.82) is 0 Å². The summed E-state index contributed by atoms with van der Waals surface area (Å²) in [6.45, 7) is 7.44. The molecular formula is C10H22N2O. The van der Waals surface area contributed by atoms with Crippen LogP contribution in [0, 0.1) is 11.8 Å². The van der Waals surface area contributed by atoms with Crippen LogP contribution >= 0.6 is 0 Å². The lowest BCUT2D eigenvalue weighted by atomic mass is 10.1. The molecule has 1 amide bonds. The first-order valence-corrected chi connectivity index (χ1v) is 5.05. The van der Waals surface area contributed by atoms with Gasteiger partial charge < -0.3 is 11.1 Å². The quantitative estimate of drug-likeness (QED) is 0.611. The molecule has 1 unspecified atom stereocenters. The highest BCUT2D eigenvalue weighted by molar-refractivity contribution is 5.77. The van der Waals surface area contributed by atoms with Gasteiger partial charge in [0.25, 0.3) is 0 Å². The molecule has 3 nitrogen and oxygen atoms in total. The zero-order valence-electron chi connectivity index (χ0n) is 8.97. The first kappa shape index (κ1) is 12.4. The van der Waals surface area contributed by atoms with Gasteiger partial charge in [0.1, 0.15) is 0 Å². The first-order chi connectivity index (χ1) is 6.07. The summed E-state index contributed by atoms with van der Waals surface area (Å²) in [4.78, 5) is 11.1. The van der Waals surface area contributed by atoms with Gasteiger partial charge in [-0.05, 0) is 25.3 Å². The number of hydrogen-bond acceptors (Lipinski definition) is 2. The van der Waals surface area contributed by atoms with Crippen molar-refractivity contribution in [3.8, 4) is 0 Å². The number of nitrogens with one attached hydrogen (secondary N) is 1. The van der Waals surface area contributed by atoms with Crippen LogP contribution in [0.2, 0.25) is 0 Å². The molecule has 0 bridgehead atoms.